The first-order valence-corrected chi connectivity index (χ1v) is 11.2. The van der Waals surface area contributed by atoms with Crippen LogP contribution in [0.3, 0.4) is 0 Å². The fourth-order valence-corrected chi connectivity index (χ4v) is 4.67. The third kappa shape index (κ3) is 6.30. The van der Waals surface area contributed by atoms with Gasteiger partial charge in [-0.15, -0.1) is 35.3 Å². The monoisotopic (exact) mass is 519 g/mol. The Balaban J connectivity index is 0.00000280. The first-order chi connectivity index (χ1) is 13.1. The van der Waals surface area contributed by atoms with E-state index in [0.29, 0.717) is 18.4 Å². The second-order valence-corrected chi connectivity index (χ2v) is 8.81. The molecular weight excluding hydrogens is 485 g/mol. The second-order valence-electron chi connectivity index (χ2n) is 7.92. The lowest BCUT2D eigenvalue weighted by molar-refractivity contribution is -0.134. The lowest BCUT2D eigenvalue weighted by Gasteiger charge is -2.21. The molecule has 6 nitrogen and oxygen atoms in total. The number of aromatic nitrogens is 1. The summed E-state index contributed by atoms with van der Waals surface area (Å²) in [4.78, 5) is 24.0. The molecule has 0 bridgehead atoms. The van der Waals surface area contributed by atoms with Crippen LogP contribution in [0.2, 0.25) is 0 Å². The largest absolute Gasteiger partial charge is 0.357 e. The molecule has 0 aromatic carbocycles. The lowest BCUT2D eigenvalue weighted by Crippen LogP contribution is -2.45. The number of rotatable bonds is 6. The van der Waals surface area contributed by atoms with E-state index in [2.05, 4.69) is 41.8 Å². The number of halogens is 1. The van der Waals surface area contributed by atoms with Crippen LogP contribution >= 0.6 is 35.3 Å². The molecule has 0 radical (unpaired) electrons. The van der Waals surface area contributed by atoms with E-state index >= 15 is 0 Å². The maximum atomic E-state index is 12.6. The summed E-state index contributed by atoms with van der Waals surface area (Å²) in [6.45, 7) is 9.44. The number of hydrogen-bond donors (Lipinski definition) is 2. The van der Waals surface area contributed by atoms with Crippen molar-refractivity contribution in [1.29, 1.82) is 0 Å². The number of guanidine groups is 1. The van der Waals surface area contributed by atoms with Crippen LogP contribution in [0.1, 0.15) is 69.5 Å². The molecule has 1 saturated carbocycles. The van der Waals surface area contributed by atoms with Gasteiger partial charge in [0.2, 0.25) is 5.91 Å². The molecule has 1 atom stereocenters. The van der Waals surface area contributed by atoms with Crippen LogP contribution in [-0.2, 0) is 11.3 Å². The maximum absolute atomic E-state index is 12.6. The maximum Gasteiger partial charge on any atom is 0.225 e. The highest BCUT2D eigenvalue weighted by Gasteiger charge is 2.32. The van der Waals surface area contributed by atoms with Crippen LogP contribution < -0.4 is 10.6 Å². The van der Waals surface area contributed by atoms with E-state index in [9.17, 15) is 4.79 Å². The van der Waals surface area contributed by atoms with Crippen molar-refractivity contribution in [1.82, 2.24) is 20.5 Å². The van der Waals surface area contributed by atoms with Crippen LogP contribution in [0.25, 0.3) is 0 Å². The van der Waals surface area contributed by atoms with Gasteiger partial charge in [-0.1, -0.05) is 26.7 Å². The van der Waals surface area contributed by atoms with Gasteiger partial charge in [0.05, 0.1) is 17.2 Å². The fourth-order valence-electron chi connectivity index (χ4n) is 3.84. The zero-order valence-electron chi connectivity index (χ0n) is 17.2. The molecule has 1 aromatic heterocycles. The molecule has 3 rings (SSSR count). The summed E-state index contributed by atoms with van der Waals surface area (Å²) in [6, 6.07) is 0.273. The van der Waals surface area contributed by atoms with Gasteiger partial charge in [-0.05, 0) is 26.2 Å². The second kappa shape index (κ2) is 11.3. The number of hydrogen-bond acceptors (Lipinski definition) is 4. The summed E-state index contributed by atoms with van der Waals surface area (Å²) in [5.41, 5.74) is 1.02. The van der Waals surface area contributed by atoms with Crippen molar-refractivity contribution in [3.05, 3.63) is 16.1 Å². The highest BCUT2D eigenvalue weighted by molar-refractivity contribution is 14.0. The number of amides is 1. The van der Waals surface area contributed by atoms with E-state index in [0.717, 1.165) is 55.6 Å². The Bertz CT molecular complexity index is 657. The fraction of sp³-hybridized carbons (Fsp3) is 0.750. The summed E-state index contributed by atoms with van der Waals surface area (Å²) < 4.78 is 0. The minimum Gasteiger partial charge on any atom is -0.357 e. The SMILES string of the molecule is CCNC(=NCc1csc(C(C)C)n1)NC1CCN(C(=O)C2CCCC2)C1.I. The van der Waals surface area contributed by atoms with Gasteiger partial charge in [0, 0.05) is 42.9 Å². The average Bonchev–Trinajstić information content (AvgIpc) is 3.40. The summed E-state index contributed by atoms with van der Waals surface area (Å²) >= 11 is 1.71. The van der Waals surface area contributed by atoms with Gasteiger partial charge in [0.1, 0.15) is 0 Å². The molecule has 1 aromatic rings. The van der Waals surface area contributed by atoms with Gasteiger partial charge in [0.15, 0.2) is 5.96 Å². The molecule has 28 heavy (non-hydrogen) atoms. The van der Waals surface area contributed by atoms with Crippen molar-refractivity contribution in [2.24, 2.45) is 10.9 Å². The topological polar surface area (TPSA) is 69.6 Å². The molecule has 8 heteroatoms. The number of thiazole rings is 1. The van der Waals surface area contributed by atoms with E-state index in [1.807, 2.05) is 4.90 Å². The average molecular weight is 519 g/mol. The molecule has 0 spiro atoms. The number of carbonyl (C=O) groups is 1. The number of carbonyl (C=O) groups excluding carboxylic acids is 1. The van der Waals surface area contributed by atoms with E-state index < -0.39 is 0 Å². The number of likely N-dealkylation sites (tertiary alicyclic amines) is 1. The molecule has 2 heterocycles. The van der Waals surface area contributed by atoms with Crippen LogP contribution in [-0.4, -0.2) is 47.4 Å². The standard InChI is InChI=1S/C20H33N5OS.HI/c1-4-21-20(22-11-17-13-27-18(23-17)14(2)3)24-16-9-10-25(12-16)19(26)15-7-5-6-8-15;/h13-16H,4-12H2,1-3H3,(H2,21,22,24);1H. The summed E-state index contributed by atoms with van der Waals surface area (Å²) in [5.74, 6) is 1.91. The van der Waals surface area contributed by atoms with Crippen LogP contribution in [0.15, 0.2) is 10.4 Å². The van der Waals surface area contributed by atoms with Crippen molar-refractivity contribution in [3.63, 3.8) is 0 Å². The van der Waals surface area contributed by atoms with Crippen LogP contribution in [0.5, 0.6) is 0 Å². The Kier molecular flexibility index (Phi) is 9.46. The lowest BCUT2D eigenvalue weighted by atomic mass is 10.1. The van der Waals surface area contributed by atoms with E-state index in [1.165, 1.54) is 12.8 Å². The normalized spacial score (nSPS) is 20.5. The van der Waals surface area contributed by atoms with E-state index in [1.54, 1.807) is 11.3 Å². The highest BCUT2D eigenvalue weighted by Crippen LogP contribution is 2.27. The third-order valence-corrected chi connectivity index (χ3v) is 6.55. The minimum absolute atomic E-state index is 0. The molecular formula is C20H34IN5OS. The molecule has 1 unspecified atom stereocenters. The van der Waals surface area contributed by atoms with E-state index in [4.69, 9.17) is 4.99 Å². The van der Waals surface area contributed by atoms with Crippen molar-refractivity contribution in [3.8, 4) is 0 Å². The molecule has 2 N–H and O–H groups in total. The summed E-state index contributed by atoms with van der Waals surface area (Å²) in [5, 5.41) is 10.1. The first kappa shape index (κ1) is 23.4. The zero-order chi connectivity index (χ0) is 19.2. The summed E-state index contributed by atoms with van der Waals surface area (Å²) in [6.07, 6.45) is 5.54. The Labute approximate surface area is 190 Å². The Hall–Kier alpha value is -0.900. The van der Waals surface area contributed by atoms with Crippen LogP contribution in [0.4, 0.5) is 0 Å². The van der Waals surface area contributed by atoms with Crippen molar-refractivity contribution >= 4 is 47.2 Å². The first-order valence-electron chi connectivity index (χ1n) is 10.3. The van der Waals surface area contributed by atoms with Gasteiger partial charge in [-0.2, -0.15) is 0 Å². The number of nitrogens with zero attached hydrogens (tertiary/aromatic N) is 3. The number of nitrogens with one attached hydrogen (secondary N) is 2. The summed E-state index contributed by atoms with van der Waals surface area (Å²) in [7, 11) is 0. The molecule has 1 amide bonds. The molecule has 1 saturated heterocycles. The van der Waals surface area contributed by atoms with Gasteiger partial charge in [-0.3, -0.25) is 4.79 Å². The molecule has 2 fully saturated rings. The van der Waals surface area contributed by atoms with Crippen molar-refractivity contribution in [2.45, 2.75) is 71.4 Å². The third-order valence-electron chi connectivity index (χ3n) is 5.35. The van der Waals surface area contributed by atoms with E-state index in [-0.39, 0.29) is 35.9 Å². The molecule has 158 valence electrons. The van der Waals surface area contributed by atoms with Crippen LogP contribution in [0, 0.1) is 5.92 Å². The zero-order valence-corrected chi connectivity index (χ0v) is 20.4. The van der Waals surface area contributed by atoms with Gasteiger partial charge in [-0.25, -0.2) is 9.98 Å². The molecule has 2 aliphatic rings. The smallest absolute Gasteiger partial charge is 0.225 e. The molecule has 1 aliphatic carbocycles. The Morgan fingerprint density at radius 1 is 1.36 bits per heavy atom. The minimum atomic E-state index is 0. The van der Waals surface area contributed by atoms with Crippen molar-refractivity contribution in [2.75, 3.05) is 19.6 Å². The van der Waals surface area contributed by atoms with Gasteiger partial charge >= 0.3 is 0 Å². The highest BCUT2D eigenvalue weighted by atomic mass is 127. The quantitative estimate of drug-likeness (QED) is 0.342. The van der Waals surface area contributed by atoms with Crippen molar-refractivity contribution < 1.29 is 4.79 Å². The number of aliphatic imine (C=N–C) groups is 1. The Morgan fingerprint density at radius 2 is 2.11 bits per heavy atom. The van der Waals surface area contributed by atoms with Gasteiger partial charge < -0.3 is 15.5 Å². The van der Waals surface area contributed by atoms with Gasteiger partial charge in [0.25, 0.3) is 0 Å². The molecule has 1 aliphatic heterocycles. The Morgan fingerprint density at radius 3 is 2.75 bits per heavy atom. The predicted octanol–water partition coefficient (Wildman–Crippen LogP) is 3.73. The predicted molar refractivity (Wildman–Crippen MR) is 127 cm³/mol.